The first-order chi connectivity index (χ1) is 8.18. The molecule has 1 aliphatic rings. The van der Waals surface area contributed by atoms with E-state index < -0.39 is 11.8 Å². The van der Waals surface area contributed by atoms with E-state index in [1.165, 1.54) is 6.26 Å². The minimum atomic E-state index is -0.462. The Morgan fingerprint density at radius 3 is 2.53 bits per heavy atom. The maximum atomic E-state index is 11.7. The normalized spacial score (nSPS) is 13.6. The van der Waals surface area contributed by atoms with Gasteiger partial charge in [-0.15, -0.1) is 0 Å². The number of fused-ring (bicyclic) bond motifs is 1. The molecule has 0 spiro atoms. The Bertz CT molecular complexity index is 629. The minimum absolute atomic E-state index is 0.226. The average molecular weight is 228 g/mol. The Morgan fingerprint density at radius 2 is 1.82 bits per heavy atom. The van der Waals surface area contributed by atoms with Gasteiger partial charge in [0.05, 0.1) is 17.4 Å². The van der Waals surface area contributed by atoms with Gasteiger partial charge in [-0.05, 0) is 24.3 Å². The molecule has 3 rings (SSSR count). The fourth-order valence-electron chi connectivity index (χ4n) is 1.96. The third-order valence-electron chi connectivity index (χ3n) is 2.71. The summed E-state index contributed by atoms with van der Waals surface area (Å²) < 4.78 is 5.24. The SMILES string of the molecule is Nc1ccc(-c2ccco2)c2c1C(=O)NC2=O. The molecular weight excluding hydrogens is 220 g/mol. The summed E-state index contributed by atoms with van der Waals surface area (Å²) in [7, 11) is 0. The number of rotatable bonds is 1. The van der Waals surface area contributed by atoms with E-state index in [-0.39, 0.29) is 11.1 Å². The van der Waals surface area contributed by atoms with Gasteiger partial charge >= 0.3 is 0 Å². The smallest absolute Gasteiger partial charge is 0.261 e. The lowest BCUT2D eigenvalue weighted by Crippen LogP contribution is -2.20. The molecule has 1 aliphatic heterocycles. The molecule has 2 aromatic rings. The van der Waals surface area contributed by atoms with Crippen molar-refractivity contribution < 1.29 is 14.0 Å². The van der Waals surface area contributed by atoms with Crippen LogP contribution < -0.4 is 11.1 Å². The van der Waals surface area contributed by atoms with Crippen LogP contribution in [-0.4, -0.2) is 11.8 Å². The van der Waals surface area contributed by atoms with Gasteiger partial charge in [0.15, 0.2) is 0 Å². The molecule has 0 atom stereocenters. The summed E-state index contributed by atoms with van der Waals surface area (Å²) in [5.41, 5.74) is 7.07. The van der Waals surface area contributed by atoms with E-state index in [4.69, 9.17) is 10.2 Å². The maximum Gasteiger partial charge on any atom is 0.261 e. The first-order valence-corrected chi connectivity index (χ1v) is 5.00. The fourth-order valence-corrected chi connectivity index (χ4v) is 1.96. The second-order valence-electron chi connectivity index (χ2n) is 3.71. The Morgan fingerprint density at radius 1 is 1.06 bits per heavy atom. The number of benzene rings is 1. The molecule has 1 aromatic heterocycles. The van der Waals surface area contributed by atoms with Crippen LogP contribution in [0.4, 0.5) is 5.69 Å². The first kappa shape index (κ1) is 9.65. The first-order valence-electron chi connectivity index (χ1n) is 5.00. The van der Waals surface area contributed by atoms with E-state index in [9.17, 15) is 9.59 Å². The van der Waals surface area contributed by atoms with Crippen molar-refractivity contribution >= 4 is 17.5 Å². The molecule has 0 saturated carbocycles. The van der Waals surface area contributed by atoms with Crippen molar-refractivity contribution in [1.29, 1.82) is 0 Å². The van der Waals surface area contributed by atoms with E-state index in [0.717, 1.165) is 0 Å². The van der Waals surface area contributed by atoms with Crippen molar-refractivity contribution in [2.45, 2.75) is 0 Å². The quantitative estimate of drug-likeness (QED) is 0.570. The largest absolute Gasteiger partial charge is 0.464 e. The summed E-state index contributed by atoms with van der Waals surface area (Å²) in [5, 5.41) is 2.23. The molecule has 0 aliphatic carbocycles. The van der Waals surface area contributed by atoms with Gasteiger partial charge in [0, 0.05) is 11.3 Å². The summed E-state index contributed by atoms with van der Waals surface area (Å²) in [4.78, 5) is 23.3. The summed E-state index contributed by atoms with van der Waals surface area (Å²) in [5.74, 6) is -0.370. The summed E-state index contributed by atoms with van der Waals surface area (Å²) in [6.07, 6.45) is 1.51. The predicted octanol–water partition coefficient (Wildman–Crippen LogP) is 1.41. The minimum Gasteiger partial charge on any atom is -0.464 e. The number of furan rings is 1. The van der Waals surface area contributed by atoms with Gasteiger partial charge in [0.1, 0.15) is 5.76 Å². The third-order valence-corrected chi connectivity index (χ3v) is 2.71. The molecule has 0 bridgehead atoms. The van der Waals surface area contributed by atoms with Gasteiger partial charge in [-0.3, -0.25) is 14.9 Å². The Labute approximate surface area is 96.2 Å². The molecule has 84 valence electrons. The zero-order valence-electron chi connectivity index (χ0n) is 8.69. The lowest BCUT2D eigenvalue weighted by Gasteiger charge is -2.04. The maximum absolute atomic E-state index is 11.7. The second kappa shape index (κ2) is 3.21. The molecule has 0 saturated heterocycles. The number of imide groups is 1. The zero-order valence-corrected chi connectivity index (χ0v) is 8.69. The number of carbonyl (C=O) groups excluding carboxylic acids is 2. The number of nitrogen functional groups attached to an aromatic ring is 1. The summed E-state index contributed by atoms with van der Waals surface area (Å²) >= 11 is 0. The van der Waals surface area contributed by atoms with Crippen LogP contribution in [0.25, 0.3) is 11.3 Å². The van der Waals surface area contributed by atoms with E-state index in [2.05, 4.69) is 5.32 Å². The van der Waals surface area contributed by atoms with E-state index in [1.54, 1.807) is 24.3 Å². The highest BCUT2D eigenvalue weighted by Crippen LogP contribution is 2.32. The van der Waals surface area contributed by atoms with Crippen LogP contribution in [-0.2, 0) is 0 Å². The molecule has 0 fully saturated rings. The highest BCUT2D eigenvalue weighted by molar-refractivity contribution is 6.26. The lowest BCUT2D eigenvalue weighted by molar-refractivity contribution is 0.0880. The number of nitrogens with two attached hydrogens (primary N) is 1. The van der Waals surface area contributed by atoms with Crippen LogP contribution in [0, 0.1) is 0 Å². The molecule has 0 radical (unpaired) electrons. The van der Waals surface area contributed by atoms with Gasteiger partial charge in [-0.2, -0.15) is 0 Å². The highest BCUT2D eigenvalue weighted by atomic mass is 16.3. The van der Waals surface area contributed by atoms with Crippen LogP contribution >= 0.6 is 0 Å². The number of amides is 2. The number of nitrogens with one attached hydrogen (secondary N) is 1. The molecule has 2 amide bonds. The number of anilines is 1. The summed E-state index contributed by atoms with van der Waals surface area (Å²) in [6, 6.07) is 6.70. The third kappa shape index (κ3) is 1.25. The van der Waals surface area contributed by atoms with Gasteiger partial charge in [-0.25, -0.2) is 0 Å². The van der Waals surface area contributed by atoms with Crippen molar-refractivity contribution in [2.24, 2.45) is 0 Å². The van der Waals surface area contributed by atoms with Crippen molar-refractivity contribution in [3.8, 4) is 11.3 Å². The number of hydrogen-bond acceptors (Lipinski definition) is 4. The van der Waals surface area contributed by atoms with E-state index in [1.807, 2.05) is 0 Å². The van der Waals surface area contributed by atoms with Crippen molar-refractivity contribution in [1.82, 2.24) is 5.32 Å². The van der Waals surface area contributed by atoms with Crippen molar-refractivity contribution in [2.75, 3.05) is 5.73 Å². The Kier molecular flexibility index (Phi) is 1.82. The number of hydrogen-bond donors (Lipinski definition) is 2. The molecule has 3 N–H and O–H groups in total. The topological polar surface area (TPSA) is 85.3 Å². The monoisotopic (exact) mass is 228 g/mol. The molecule has 17 heavy (non-hydrogen) atoms. The van der Waals surface area contributed by atoms with Gasteiger partial charge in [0.2, 0.25) is 0 Å². The lowest BCUT2D eigenvalue weighted by atomic mass is 9.99. The molecule has 5 nitrogen and oxygen atoms in total. The molecular formula is C12H8N2O3. The Hall–Kier alpha value is -2.56. The zero-order chi connectivity index (χ0) is 12.0. The van der Waals surface area contributed by atoms with Crippen LogP contribution in [0.5, 0.6) is 0 Å². The van der Waals surface area contributed by atoms with Gasteiger partial charge < -0.3 is 10.2 Å². The molecule has 0 unspecified atom stereocenters. The van der Waals surface area contributed by atoms with Crippen molar-refractivity contribution in [3.63, 3.8) is 0 Å². The second-order valence-corrected chi connectivity index (χ2v) is 3.71. The van der Waals surface area contributed by atoms with Crippen LogP contribution in [0.15, 0.2) is 34.9 Å². The Balaban J connectivity index is 2.34. The average Bonchev–Trinajstić information content (AvgIpc) is 2.89. The number of carbonyl (C=O) groups is 2. The van der Waals surface area contributed by atoms with Crippen LogP contribution in [0.3, 0.4) is 0 Å². The molecule has 5 heteroatoms. The van der Waals surface area contributed by atoms with Crippen molar-refractivity contribution in [3.05, 3.63) is 41.7 Å². The van der Waals surface area contributed by atoms with E-state index >= 15 is 0 Å². The predicted molar refractivity (Wildman–Crippen MR) is 60.4 cm³/mol. The van der Waals surface area contributed by atoms with E-state index in [0.29, 0.717) is 17.0 Å². The highest BCUT2D eigenvalue weighted by Gasteiger charge is 2.32. The van der Waals surface area contributed by atoms with Gasteiger partial charge in [-0.1, -0.05) is 0 Å². The van der Waals surface area contributed by atoms with Crippen LogP contribution in [0.1, 0.15) is 20.7 Å². The standard InChI is InChI=1S/C12H8N2O3/c13-7-4-3-6(8-2-1-5-17-8)9-10(7)12(16)14-11(9)15/h1-5H,13H2,(H,14,15,16). The fraction of sp³-hybridized carbons (Fsp3) is 0. The molecule has 1 aromatic carbocycles. The van der Waals surface area contributed by atoms with Crippen LogP contribution in [0.2, 0.25) is 0 Å². The molecule has 2 heterocycles. The summed E-state index contributed by atoms with van der Waals surface area (Å²) in [6.45, 7) is 0. The van der Waals surface area contributed by atoms with Gasteiger partial charge in [0.25, 0.3) is 11.8 Å².